The number of aryl methyl sites for hydroxylation is 1. The van der Waals surface area contributed by atoms with Crippen molar-refractivity contribution in [2.75, 3.05) is 0 Å². The Morgan fingerprint density at radius 2 is 1.92 bits per heavy atom. The summed E-state index contributed by atoms with van der Waals surface area (Å²) in [6, 6.07) is 4.34. The van der Waals surface area contributed by atoms with E-state index in [9.17, 15) is 13.2 Å². The number of halogens is 3. The van der Waals surface area contributed by atoms with E-state index < -0.39 is 12.1 Å². The molecule has 0 heterocycles. The van der Waals surface area contributed by atoms with E-state index in [2.05, 4.69) is 4.74 Å². The van der Waals surface area contributed by atoms with E-state index in [0.717, 1.165) is 5.56 Å². The molecular formula is C9H7F3O. The van der Waals surface area contributed by atoms with Crippen LogP contribution in [-0.4, -0.2) is 0 Å². The largest absolute Gasteiger partial charge is 0.428 e. The van der Waals surface area contributed by atoms with E-state index in [4.69, 9.17) is 0 Å². The molecular weight excluding hydrogens is 181 g/mol. The molecule has 0 aliphatic carbocycles. The van der Waals surface area contributed by atoms with Crippen LogP contribution in [0.25, 0.3) is 0 Å². The summed E-state index contributed by atoms with van der Waals surface area (Å²) in [6.07, 6.45) is -2.46. The van der Waals surface area contributed by atoms with Crippen LogP contribution >= 0.6 is 0 Å². The van der Waals surface area contributed by atoms with Gasteiger partial charge in [0.2, 0.25) is 0 Å². The standard InChI is InChI=1S/C9H7F3O/c1-6-3-2-4-7(5-6)13-9(12)8(10)11/h2-5H,1H3. The summed E-state index contributed by atoms with van der Waals surface area (Å²) in [4.78, 5) is 0. The van der Waals surface area contributed by atoms with Gasteiger partial charge in [-0.3, -0.25) is 0 Å². The van der Waals surface area contributed by atoms with Crippen LogP contribution in [-0.2, 0) is 0 Å². The summed E-state index contributed by atoms with van der Waals surface area (Å²) < 4.78 is 39.7. The van der Waals surface area contributed by atoms with Crippen LogP contribution in [0.1, 0.15) is 5.56 Å². The van der Waals surface area contributed by atoms with E-state index in [0.29, 0.717) is 0 Å². The maximum atomic E-state index is 12.3. The Kier molecular flexibility index (Phi) is 2.95. The first kappa shape index (κ1) is 9.64. The summed E-state index contributed by atoms with van der Waals surface area (Å²) in [5.41, 5.74) is 0.810. The maximum Gasteiger partial charge on any atom is 0.344 e. The van der Waals surface area contributed by atoms with Crippen LogP contribution in [0.2, 0.25) is 0 Å². The van der Waals surface area contributed by atoms with Gasteiger partial charge in [-0.2, -0.15) is 13.2 Å². The summed E-state index contributed by atoms with van der Waals surface area (Å²) in [5.74, 6) is 0.0605. The monoisotopic (exact) mass is 188 g/mol. The molecule has 0 fully saturated rings. The highest BCUT2D eigenvalue weighted by Crippen LogP contribution is 2.18. The Hall–Kier alpha value is -1.45. The zero-order valence-electron chi connectivity index (χ0n) is 6.85. The first-order valence-electron chi connectivity index (χ1n) is 3.55. The average Bonchev–Trinajstić information content (AvgIpc) is 2.04. The van der Waals surface area contributed by atoms with Gasteiger partial charge in [0.25, 0.3) is 0 Å². The molecule has 4 heteroatoms. The third-order valence-electron chi connectivity index (χ3n) is 1.35. The highest BCUT2D eigenvalue weighted by atomic mass is 19.3. The smallest absolute Gasteiger partial charge is 0.344 e. The lowest BCUT2D eigenvalue weighted by Gasteiger charge is -2.01. The molecule has 0 N–H and O–H groups in total. The lowest BCUT2D eigenvalue weighted by Crippen LogP contribution is -1.90. The molecule has 0 spiro atoms. The van der Waals surface area contributed by atoms with Crippen LogP contribution in [0, 0.1) is 6.92 Å². The molecule has 0 unspecified atom stereocenters. The van der Waals surface area contributed by atoms with E-state index in [1.54, 1.807) is 19.1 Å². The zero-order valence-corrected chi connectivity index (χ0v) is 6.85. The third kappa shape index (κ3) is 2.82. The highest BCUT2D eigenvalue weighted by molar-refractivity contribution is 5.28. The topological polar surface area (TPSA) is 9.23 Å². The molecule has 0 amide bonds. The normalized spacial score (nSPS) is 9.54. The molecule has 13 heavy (non-hydrogen) atoms. The van der Waals surface area contributed by atoms with Gasteiger partial charge in [-0.1, -0.05) is 12.1 Å². The van der Waals surface area contributed by atoms with Gasteiger partial charge in [0.1, 0.15) is 5.75 Å². The molecule has 0 bridgehead atoms. The Morgan fingerprint density at radius 1 is 1.23 bits per heavy atom. The van der Waals surface area contributed by atoms with E-state index in [-0.39, 0.29) is 5.75 Å². The summed E-state index contributed by atoms with van der Waals surface area (Å²) in [5, 5.41) is 0. The van der Waals surface area contributed by atoms with Crippen molar-refractivity contribution >= 4 is 0 Å². The Balaban J connectivity index is 2.81. The molecule has 0 saturated heterocycles. The Bertz CT molecular complexity index is 329. The first-order valence-corrected chi connectivity index (χ1v) is 3.55. The van der Waals surface area contributed by atoms with Crippen molar-refractivity contribution in [3.63, 3.8) is 0 Å². The van der Waals surface area contributed by atoms with Gasteiger partial charge in [0, 0.05) is 0 Å². The van der Waals surface area contributed by atoms with E-state index >= 15 is 0 Å². The predicted molar refractivity (Wildman–Crippen MR) is 42.2 cm³/mol. The molecule has 0 radical (unpaired) electrons. The van der Waals surface area contributed by atoms with E-state index in [1.165, 1.54) is 12.1 Å². The maximum absolute atomic E-state index is 12.3. The number of benzene rings is 1. The fraction of sp³-hybridized carbons (Fsp3) is 0.111. The van der Waals surface area contributed by atoms with Crippen molar-refractivity contribution in [2.24, 2.45) is 0 Å². The minimum absolute atomic E-state index is 0.0605. The van der Waals surface area contributed by atoms with Crippen LogP contribution < -0.4 is 4.74 Å². The van der Waals surface area contributed by atoms with Crippen molar-refractivity contribution in [1.82, 2.24) is 0 Å². The molecule has 0 aromatic heterocycles. The Morgan fingerprint density at radius 3 is 2.46 bits per heavy atom. The second-order valence-electron chi connectivity index (χ2n) is 2.45. The molecule has 0 aliphatic heterocycles. The second kappa shape index (κ2) is 3.98. The van der Waals surface area contributed by atoms with Gasteiger partial charge in [0.15, 0.2) is 0 Å². The van der Waals surface area contributed by atoms with Gasteiger partial charge >= 0.3 is 12.1 Å². The minimum atomic E-state index is -2.46. The second-order valence-corrected chi connectivity index (χ2v) is 2.45. The van der Waals surface area contributed by atoms with Crippen LogP contribution in [0.5, 0.6) is 5.75 Å². The highest BCUT2D eigenvalue weighted by Gasteiger charge is 2.06. The summed E-state index contributed by atoms with van der Waals surface area (Å²) >= 11 is 0. The van der Waals surface area contributed by atoms with Crippen LogP contribution in [0.4, 0.5) is 13.2 Å². The van der Waals surface area contributed by atoms with Gasteiger partial charge in [-0.05, 0) is 24.6 Å². The first-order chi connectivity index (χ1) is 6.09. The SMILES string of the molecule is Cc1cccc(OC(F)=C(F)F)c1. The minimum Gasteiger partial charge on any atom is -0.428 e. The van der Waals surface area contributed by atoms with Crippen molar-refractivity contribution in [1.29, 1.82) is 0 Å². The molecule has 0 atom stereocenters. The van der Waals surface area contributed by atoms with Gasteiger partial charge in [-0.15, -0.1) is 0 Å². The molecule has 70 valence electrons. The van der Waals surface area contributed by atoms with Crippen LogP contribution in [0.3, 0.4) is 0 Å². The molecule has 1 aromatic rings. The van der Waals surface area contributed by atoms with Crippen molar-refractivity contribution in [3.05, 3.63) is 41.9 Å². The number of ether oxygens (including phenoxy) is 1. The summed E-state index contributed by atoms with van der Waals surface area (Å²) in [6.45, 7) is 1.75. The zero-order chi connectivity index (χ0) is 9.84. The molecule has 1 rings (SSSR count). The number of hydrogen-bond donors (Lipinski definition) is 0. The predicted octanol–water partition coefficient (Wildman–Crippen LogP) is 3.41. The lowest BCUT2D eigenvalue weighted by atomic mass is 10.2. The average molecular weight is 188 g/mol. The quantitative estimate of drug-likeness (QED) is 0.646. The molecule has 0 aliphatic rings. The third-order valence-corrected chi connectivity index (χ3v) is 1.35. The fourth-order valence-corrected chi connectivity index (χ4v) is 0.821. The van der Waals surface area contributed by atoms with Gasteiger partial charge in [-0.25, -0.2) is 0 Å². The molecule has 0 saturated carbocycles. The van der Waals surface area contributed by atoms with Crippen LogP contribution in [0.15, 0.2) is 36.4 Å². The van der Waals surface area contributed by atoms with Crippen molar-refractivity contribution < 1.29 is 17.9 Å². The van der Waals surface area contributed by atoms with E-state index in [1.807, 2.05) is 0 Å². The number of rotatable bonds is 2. The number of hydrogen-bond acceptors (Lipinski definition) is 1. The fourth-order valence-electron chi connectivity index (χ4n) is 0.821. The molecule has 1 aromatic carbocycles. The summed E-state index contributed by atoms with van der Waals surface area (Å²) in [7, 11) is 0. The van der Waals surface area contributed by atoms with Crippen molar-refractivity contribution in [2.45, 2.75) is 6.92 Å². The van der Waals surface area contributed by atoms with Gasteiger partial charge in [0.05, 0.1) is 0 Å². The Labute approximate surface area is 73.4 Å². The van der Waals surface area contributed by atoms with Crippen molar-refractivity contribution in [3.8, 4) is 5.75 Å². The molecule has 1 nitrogen and oxygen atoms in total. The lowest BCUT2D eigenvalue weighted by molar-refractivity contribution is 0.241. The van der Waals surface area contributed by atoms with Gasteiger partial charge < -0.3 is 4.74 Å².